The molecule has 122 valence electrons. The third-order valence-corrected chi connectivity index (χ3v) is 3.60. The topological polar surface area (TPSA) is 44.4 Å². The van der Waals surface area contributed by atoms with Crippen molar-refractivity contribution in [2.45, 2.75) is 51.6 Å². The number of carbonyl (C=O) groups is 1. The van der Waals surface area contributed by atoms with E-state index in [2.05, 4.69) is 43.5 Å². The number of carbonyl (C=O) groups excluding carboxylic acids is 1. The van der Waals surface area contributed by atoms with Crippen molar-refractivity contribution in [3.05, 3.63) is 0 Å². The minimum Gasteiger partial charge on any atom is -0.354 e. The van der Waals surface area contributed by atoms with Crippen molar-refractivity contribution < 1.29 is 4.79 Å². The first kappa shape index (κ1) is 22.3. The van der Waals surface area contributed by atoms with Gasteiger partial charge in [0.2, 0.25) is 5.91 Å². The number of likely N-dealkylation sites (N-methyl/N-ethyl adjacent to an activating group) is 1. The Balaban J connectivity index is 0. The van der Waals surface area contributed by atoms with E-state index in [0.29, 0.717) is 24.4 Å². The Bertz CT molecular complexity index is 257. The van der Waals surface area contributed by atoms with Gasteiger partial charge in [-0.1, -0.05) is 13.8 Å². The lowest BCUT2D eigenvalue weighted by molar-refractivity contribution is -0.121. The zero-order valence-electron chi connectivity index (χ0n) is 13.1. The molecule has 0 radical (unpaired) electrons. The summed E-state index contributed by atoms with van der Waals surface area (Å²) >= 11 is 0. The summed E-state index contributed by atoms with van der Waals surface area (Å²) in [6.45, 7) is 6.27. The van der Waals surface area contributed by atoms with Crippen LogP contribution in [0.3, 0.4) is 0 Å². The fourth-order valence-corrected chi connectivity index (χ4v) is 2.48. The number of nitrogens with zero attached hydrogens (tertiary/aromatic N) is 1. The quantitative estimate of drug-likeness (QED) is 0.752. The minimum absolute atomic E-state index is 0. The van der Waals surface area contributed by atoms with Gasteiger partial charge in [-0.15, -0.1) is 24.8 Å². The van der Waals surface area contributed by atoms with Gasteiger partial charge in [-0.3, -0.25) is 4.79 Å². The molecule has 0 aliphatic carbocycles. The Morgan fingerprint density at radius 2 is 2.00 bits per heavy atom. The molecule has 1 heterocycles. The lowest BCUT2D eigenvalue weighted by Gasteiger charge is -2.26. The van der Waals surface area contributed by atoms with E-state index >= 15 is 0 Å². The van der Waals surface area contributed by atoms with Crippen LogP contribution in [0.4, 0.5) is 0 Å². The van der Waals surface area contributed by atoms with E-state index in [-0.39, 0.29) is 30.7 Å². The third kappa shape index (κ3) is 9.01. The SMILES string of the molecule is CC(C)CC(CNC(=O)CC1CCCN1)N(C)C.Cl.Cl. The van der Waals surface area contributed by atoms with Gasteiger partial charge >= 0.3 is 0 Å². The standard InChI is InChI=1S/C14H29N3O.2ClH/c1-11(2)8-13(17(3)4)10-16-14(18)9-12-6-5-7-15-12;;/h11-13,15H,5-10H2,1-4H3,(H,16,18);2*1H. The molecular formula is C14H31Cl2N3O. The average molecular weight is 328 g/mol. The molecule has 2 atom stereocenters. The fourth-order valence-electron chi connectivity index (χ4n) is 2.48. The Morgan fingerprint density at radius 1 is 1.35 bits per heavy atom. The largest absolute Gasteiger partial charge is 0.354 e. The van der Waals surface area contributed by atoms with E-state index in [1.165, 1.54) is 6.42 Å². The maximum atomic E-state index is 11.8. The van der Waals surface area contributed by atoms with Crippen LogP contribution in [0.2, 0.25) is 0 Å². The van der Waals surface area contributed by atoms with Crippen LogP contribution in [0.15, 0.2) is 0 Å². The van der Waals surface area contributed by atoms with E-state index < -0.39 is 0 Å². The maximum Gasteiger partial charge on any atom is 0.221 e. The van der Waals surface area contributed by atoms with Gasteiger partial charge in [0.1, 0.15) is 0 Å². The predicted octanol–water partition coefficient (Wildman–Crippen LogP) is 2.06. The molecule has 1 rings (SSSR count). The molecule has 0 spiro atoms. The highest BCUT2D eigenvalue weighted by atomic mass is 35.5. The van der Waals surface area contributed by atoms with E-state index in [9.17, 15) is 4.79 Å². The van der Waals surface area contributed by atoms with Crippen LogP contribution in [0.1, 0.15) is 39.5 Å². The molecule has 0 bridgehead atoms. The van der Waals surface area contributed by atoms with Gasteiger partial charge in [0.05, 0.1) is 0 Å². The van der Waals surface area contributed by atoms with Crippen LogP contribution >= 0.6 is 24.8 Å². The van der Waals surface area contributed by atoms with Crippen LogP contribution in [0, 0.1) is 5.92 Å². The predicted molar refractivity (Wildman–Crippen MR) is 90.1 cm³/mol. The Hall–Kier alpha value is -0.0300. The molecule has 1 amide bonds. The van der Waals surface area contributed by atoms with Gasteiger partial charge in [-0.25, -0.2) is 0 Å². The molecule has 1 aliphatic heterocycles. The summed E-state index contributed by atoms with van der Waals surface area (Å²) in [6.07, 6.45) is 4.08. The van der Waals surface area contributed by atoms with Crippen LogP contribution in [0.5, 0.6) is 0 Å². The summed E-state index contributed by atoms with van der Waals surface area (Å²) in [5, 5.41) is 6.43. The molecule has 0 aromatic carbocycles. The molecule has 1 saturated heterocycles. The van der Waals surface area contributed by atoms with E-state index in [0.717, 1.165) is 25.9 Å². The molecular weight excluding hydrogens is 297 g/mol. The summed E-state index contributed by atoms with van der Waals surface area (Å²) in [6, 6.07) is 0.832. The summed E-state index contributed by atoms with van der Waals surface area (Å²) in [7, 11) is 4.16. The minimum atomic E-state index is 0. The van der Waals surface area contributed by atoms with Gasteiger partial charge in [-0.2, -0.15) is 0 Å². The fraction of sp³-hybridized carbons (Fsp3) is 0.929. The highest BCUT2D eigenvalue weighted by molar-refractivity contribution is 5.85. The normalized spacial score (nSPS) is 19.4. The summed E-state index contributed by atoms with van der Waals surface area (Å²) < 4.78 is 0. The summed E-state index contributed by atoms with van der Waals surface area (Å²) in [4.78, 5) is 14.0. The number of rotatable bonds is 7. The zero-order chi connectivity index (χ0) is 13.5. The highest BCUT2D eigenvalue weighted by Crippen LogP contribution is 2.10. The number of nitrogens with one attached hydrogen (secondary N) is 2. The van der Waals surface area contributed by atoms with Gasteiger partial charge in [-0.05, 0) is 45.8 Å². The molecule has 6 heteroatoms. The summed E-state index contributed by atoms with van der Waals surface area (Å²) in [5.41, 5.74) is 0. The van der Waals surface area contributed by atoms with E-state index in [1.54, 1.807) is 0 Å². The Morgan fingerprint density at radius 3 is 2.45 bits per heavy atom. The smallest absolute Gasteiger partial charge is 0.221 e. The number of hydrogen-bond donors (Lipinski definition) is 2. The maximum absolute atomic E-state index is 11.8. The van der Waals surface area contributed by atoms with Crippen molar-refractivity contribution in [3.63, 3.8) is 0 Å². The van der Waals surface area contributed by atoms with Crippen molar-refractivity contribution in [1.29, 1.82) is 0 Å². The van der Waals surface area contributed by atoms with Crippen molar-refractivity contribution in [2.24, 2.45) is 5.92 Å². The second-order valence-corrected chi connectivity index (χ2v) is 6.05. The molecule has 1 aliphatic rings. The second-order valence-electron chi connectivity index (χ2n) is 6.05. The van der Waals surface area contributed by atoms with Crippen LogP contribution in [-0.2, 0) is 4.79 Å². The van der Waals surface area contributed by atoms with Crippen molar-refractivity contribution in [1.82, 2.24) is 15.5 Å². The Kier molecular flexibility index (Phi) is 12.9. The van der Waals surface area contributed by atoms with Gasteiger partial charge < -0.3 is 15.5 Å². The molecule has 1 fully saturated rings. The molecule has 2 N–H and O–H groups in total. The van der Waals surface area contributed by atoms with E-state index in [4.69, 9.17) is 0 Å². The number of hydrogen-bond acceptors (Lipinski definition) is 3. The molecule has 4 nitrogen and oxygen atoms in total. The third-order valence-electron chi connectivity index (χ3n) is 3.60. The van der Waals surface area contributed by atoms with Crippen LogP contribution < -0.4 is 10.6 Å². The zero-order valence-corrected chi connectivity index (χ0v) is 14.8. The monoisotopic (exact) mass is 327 g/mol. The highest BCUT2D eigenvalue weighted by Gasteiger charge is 2.19. The van der Waals surface area contributed by atoms with Gasteiger partial charge in [0, 0.05) is 25.0 Å². The first-order chi connectivity index (χ1) is 8.49. The summed E-state index contributed by atoms with van der Waals surface area (Å²) in [5.74, 6) is 0.843. The van der Waals surface area contributed by atoms with Crippen LogP contribution in [0.25, 0.3) is 0 Å². The molecule has 0 aromatic rings. The van der Waals surface area contributed by atoms with E-state index in [1.807, 2.05) is 0 Å². The molecule has 0 aromatic heterocycles. The molecule has 2 unspecified atom stereocenters. The van der Waals surface area contributed by atoms with Crippen molar-refractivity contribution in [3.8, 4) is 0 Å². The number of amides is 1. The first-order valence-corrected chi connectivity index (χ1v) is 7.15. The van der Waals surface area contributed by atoms with Gasteiger partial charge in [0.25, 0.3) is 0 Å². The molecule has 0 saturated carbocycles. The average Bonchev–Trinajstić information content (AvgIpc) is 2.76. The first-order valence-electron chi connectivity index (χ1n) is 7.15. The van der Waals surface area contributed by atoms with Crippen molar-refractivity contribution in [2.75, 3.05) is 27.2 Å². The second kappa shape index (κ2) is 11.6. The van der Waals surface area contributed by atoms with Crippen molar-refractivity contribution >= 4 is 30.7 Å². The lowest BCUT2D eigenvalue weighted by Crippen LogP contribution is -2.42. The lowest BCUT2D eigenvalue weighted by atomic mass is 10.0. The van der Waals surface area contributed by atoms with Crippen LogP contribution in [-0.4, -0.2) is 50.1 Å². The number of halogens is 2. The van der Waals surface area contributed by atoms with Gasteiger partial charge in [0.15, 0.2) is 0 Å². The molecule has 20 heavy (non-hydrogen) atoms. The Labute approximate surface area is 136 Å².